The highest BCUT2D eigenvalue weighted by Gasteiger charge is 2.18. The molecule has 2 rings (SSSR count). The Hall–Kier alpha value is -2.57. The zero-order valence-electron chi connectivity index (χ0n) is 14.2. The Bertz CT molecular complexity index is 609. The quantitative estimate of drug-likeness (QED) is 0.781. The summed E-state index contributed by atoms with van der Waals surface area (Å²) in [5.41, 5.74) is 0.288. The van der Waals surface area contributed by atoms with E-state index in [-0.39, 0.29) is 31.0 Å². The molecule has 0 unspecified atom stereocenters. The van der Waals surface area contributed by atoms with Crippen LogP contribution in [0.25, 0.3) is 0 Å². The molecule has 2 amide bonds. The third-order valence-electron chi connectivity index (χ3n) is 4.07. The number of rotatable bonds is 7. The van der Waals surface area contributed by atoms with Gasteiger partial charge in [-0.15, -0.1) is 0 Å². The van der Waals surface area contributed by atoms with E-state index in [9.17, 15) is 14.4 Å². The summed E-state index contributed by atoms with van der Waals surface area (Å²) in [6.07, 6.45) is 4.15. The van der Waals surface area contributed by atoms with Crippen molar-refractivity contribution in [3.05, 3.63) is 29.8 Å². The lowest BCUT2D eigenvalue weighted by Gasteiger charge is -2.20. The second kappa shape index (κ2) is 9.66. The molecule has 1 aliphatic rings. The number of hydrogen-bond acceptors (Lipinski definition) is 4. The van der Waals surface area contributed by atoms with Gasteiger partial charge in [0, 0.05) is 19.6 Å². The fourth-order valence-corrected chi connectivity index (χ4v) is 2.71. The molecule has 1 aromatic carbocycles. The SMILES string of the molecule is O=C(O)CCNC(=O)c1ccccc1OCC(=O)N1CCCCCC1. The van der Waals surface area contributed by atoms with Gasteiger partial charge in [-0.1, -0.05) is 25.0 Å². The Morgan fingerprint density at radius 1 is 1.08 bits per heavy atom. The zero-order valence-corrected chi connectivity index (χ0v) is 14.2. The van der Waals surface area contributed by atoms with Gasteiger partial charge >= 0.3 is 5.97 Å². The lowest BCUT2D eigenvalue weighted by atomic mass is 10.2. The number of benzene rings is 1. The molecule has 1 heterocycles. The maximum absolute atomic E-state index is 12.3. The number of likely N-dealkylation sites (tertiary alicyclic amines) is 1. The smallest absolute Gasteiger partial charge is 0.305 e. The van der Waals surface area contributed by atoms with Crippen molar-refractivity contribution in [2.24, 2.45) is 0 Å². The molecule has 0 aromatic heterocycles. The van der Waals surface area contributed by atoms with E-state index in [4.69, 9.17) is 9.84 Å². The van der Waals surface area contributed by atoms with Crippen molar-refractivity contribution in [2.45, 2.75) is 32.1 Å². The van der Waals surface area contributed by atoms with Gasteiger partial charge in [-0.2, -0.15) is 0 Å². The van der Waals surface area contributed by atoms with Crippen molar-refractivity contribution in [3.63, 3.8) is 0 Å². The Morgan fingerprint density at radius 3 is 2.44 bits per heavy atom. The molecule has 136 valence electrons. The van der Waals surface area contributed by atoms with Crippen molar-refractivity contribution in [1.29, 1.82) is 0 Å². The Labute approximate surface area is 147 Å². The molecular weight excluding hydrogens is 324 g/mol. The number of aliphatic carboxylic acids is 1. The van der Waals surface area contributed by atoms with Crippen LogP contribution in [0.3, 0.4) is 0 Å². The first-order chi connectivity index (χ1) is 12.1. The molecular formula is C18H24N2O5. The van der Waals surface area contributed by atoms with Crippen LogP contribution < -0.4 is 10.1 Å². The minimum Gasteiger partial charge on any atom is -0.483 e. The van der Waals surface area contributed by atoms with E-state index < -0.39 is 11.9 Å². The number of nitrogens with one attached hydrogen (secondary N) is 1. The number of para-hydroxylation sites is 1. The highest BCUT2D eigenvalue weighted by Crippen LogP contribution is 2.18. The second-order valence-corrected chi connectivity index (χ2v) is 5.98. The van der Waals surface area contributed by atoms with E-state index in [1.807, 2.05) is 4.90 Å². The summed E-state index contributed by atoms with van der Waals surface area (Å²) in [5, 5.41) is 11.2. The van der Waals surface area contributed by atoms with Crippen LogP contribution in [0.1, 0.15) is 42.5 Å². The standard InChI is InChI=1S/C18H24N2O5/c21-16(20-11-5-1-2-6-12-20)13-25-15-8-4-3-7-14(15)18(24)19-10-9-17(22)23/h3-4,7-8H,1-2,5-6,9-13H2,(H,19,24)(H,22,23). The van der Waals surface area contributed by atoms with Crippen LogP contribution in [-0.4, -0.2) is 54.0 Å². The lowest BCUT2D eigenvalue weighted by molar-refractivity contribution is -0.137. The fourth-order valence-electron chi connectivity index (χ4n) is 2.71. The molecule has 1 aromatic rings. The summed E-state index contributed by atoms with van der Waals surface area (Å²) in [7, 11) is 0. The average Bonchev–Trinajstić information content (AvgIpc) is 2.89. The number of amides is 2. The Morgan fingerprint density at radius 2 is 1.76 bits per heavy atom. The number of carbonyl (C=O) groups is 3. The Balaban J connectivity index is 1.92. The van der Waals surface area contributed by atoms with Gasteiger partial charge in [0.2, 0.25) is 0 Å². The summed E-state index contributed by atoms with van der Waals surface area (Å²) in [4.78, 5) is 36.8. The fraction of sp³-hybridized carbons (Fsp3) is 0.500. The lowest BCUT2D eigenvalue weighted by Crippen LogP contribution is -2.35. The van der Waals surface area contributed by atoms with E-state index in [0.29, 0.717) is 5.75 Å². The van der Waals surface area contributed by atoms with Crippen molar-refractivity contribution in [3.8, 4) is 5.75 Å². The van der Waals surface area contributed by atoms with E-state index in [1.165, 1.54) is 0 Å². The van der Waals surface area contributed by atoms with E-state index in [2.05, 4.69) is 5.32 Å². The van der Waals surface area contributed by atoms with Crippen molar-refractivity contribution >= 4 is 17.8 Å². The number of hydrogen-bond donors (Lipinski definition) is 2. The highest BCUT2D eigenvalue weighted by molar-refractivity contribution is 5.97. The van der Waals surface area contributed by atoms with Crippen molar-refractivity contribution < 1.29 is 24.2 Å². The molecule has 1 fully saturated rings. The van der Waals surface area contributed by atoms with Crippen LogP contribution in [0.2, 0.25) is 0 Å². The molecule has 25 heavy (non-hydrogen) atoms. The molecule has 0 radical (unpaired) electrons. The summed E-state index contributed by atoms with van der Waals surface area (Å²) < 4.78 is 5.57. The molecule has 0 bridgehead atoms. The molecule has 1 saturated heterocycles. The summed E-state index contributed by atoms with van der Waals surface area (Å²) in [5.74, 6) is -1.16. The van der Waals surface area contributed by atoms with Gasteiger partial charge in [0.1, 0.15) is 5.75 Å². The van der Waals surface area contributed by atoms with Gasteiger partial charge in [0.05, 0.1) is 12.0 Å². The van der Waals surface area contributed by atoms with Gasteiger partial charge in [0.15, 0.2) is 6.61 Å². The first-order valence-corrected chi connectivity index (χ1v) is 8.57. The van der Waals surface area contributed by atoms with Gasteiger partial charge in [-0.25, -0.2) is 0 Å². The summed E-state index contributed by atoms with van der Waals surface area (Å²) >= 11 is 0. The highest BCUT2D eigenvalue weighted by atomic mass is 16.5. The molecule has 0 spiro atoms. The predicted octanol–water partition coefficient (Wildman–Crippen LogP) is 1.67. The number of carbonyl (C=O) groups excluding carboxylic acids is 2. The van der Waals surface area contributed by atoms with E-state index in [0.717, 1.165) is 38.8 Å². The Kier molecular flexibility index (Phi) is 7.25. The number of nitrogens with zero attached hydrogens (tertiary/aromatic N) is 1. The maximum Gasteiger partial charge on any atom is 0.305 e. The molecule has 7 nitrogen and oxygen atoms in total. The first kappa shape index (κ1) is 18.8. The third-order valence-corrected chi connectivity index (χ3v) is 4.07. The number of ether oxygens (including phenoxy) is 1. The molecule has 1 aliphatic heterocycles. The summed E-state index contributed by atoms with van der Waals surface area (Å²) in [6.45, 7) is 1.42. The monoisotopic (exact) mass is 348 g/mol. The maximum atomic E-state index is 12.3. The van der Waals surface area contributed by atoms with Crippen LogP contribution >= 0.6 is 0 Å². The molecule has 0 aliphatic carbocycles. The normalized spacial score (nSPS) is 14.5. The molecule has 0 atom stereocenters. The van der Waals surface area contributed by atoms with Crippen molar-refractivity contribution in [2.75, 3.05) is 26.2 Å². The van der Waals surface area contributed by atoms with Crippen LogP contribution in [0.15, 0.2) is 24.3 Å². The van der Waals surface area contributed by atoms with Crippen LogP contribution in [-0.2, 0) is 9.59 Å². The molecule has 0 saturated carbocycles. The largest absolute Gasteiger partial charge is 0.483 e. The summed E-state index contributed by atoms with van der Waals surface area (Å²) in [6, 6.07) is 6.62. The van der Waals surface area contributed by atoms with Gasteiger partial charge in [0.25, 0.3) is 11.8 Å². The topological polar surface area (TPSA) is 95.9 Å². The molecule has 2 N–H and O–H groups in total. The predicted molar refractivity (Wildman–Crippen MR) is 91.6 cm³/mol. The van der Waals surface area contributed by atoms with Gasteiger partial charge in [-0.3, -0.25) is 14.4 Å². The van der Waals surface area contributed by atoms with Crippen molar-refractivity contribution in [1.82, 2.24) is 10.2 Å². The number of carboxylic acids is 1. The number of carboxylic acid groups (broad SMARTS) is 1. The minimum atomic E-state index is -0.979. The average molecular weight is 348 g/mol. The van der Waals surface area contributed by atoms with Gasteiger partial charge in [-0.05, 0) is 25.0 Å². The van der Waals surface area contributed by atoms with E-state index >= 15 is 0 Å². The first-order valence-electron chi connectivity index (χ1n) is 8.57. The van der Waals surface area contributed by atoms with E-state index in [1.54, 1.807) is 24.3 Å². The van der Waals surface area contributed by atoms with Crippen LogP contribution in [0.5, 0.6) is 5.75 Å². The van der Waals surface area contributed by atoms with Gasteiger partial charge < -0.3 is 20.1 Å². The van der Waals surface area contributed by atoms with Crippen LogP contribution in [0, 0.1) is 0 Å². The zero-order chi connectivity index (χ0) is 18.1. The van der Waals surface area contributed by atoms with Crippen LogP contribution in [0.4, 0.5) is 0 Å². The molecule has 7 heteroatoms. The third kappa shape index (κ3) is 6.10. The second-order valence-electron chi connectivity index (χ2n) is 5.98. The minimum absolute atomic E-state index is 0.0369.